The van der Waals surface area contributed by atoms with E-state index >= 15 is 0 Å². The Morgan fingerprint density at radius 2 is 2.00 bits per heavy atom. The molecule has 2 rings (SSSR count). The average molecular weight is 317 g/mol. The number of aliphatic imine (C=N–C) groups is 1. The molecule has 0 aliphatic carbocycles. The van der Waals surface area contributed by atoms with Gasteiger partial charge in [0.25, 0.3) is 0 Å². The van der Waals surface area contributed by atoms with E-state index in [4.69, 9.17) is 4.42 Å². The lowest BCUT2D eigenvalue weighted by atomic mass is 10.2. The zero-order valence-corrected chi connectivity index (χ0v) is 14.7. The lowest BCUT2D eigenvalue weighted by molar-refractivity contribution is 0.500. The molecular formula is C17H27N5O. The van der Waals surface area contributed by atoms with Crippen LogP contribution >= 0.6 is 0 Å². The van der Waals surface area contributed by atoms with Crippen molar-refractivity contribution in [3.63, 3.8) is 0 Å². The van der Waals surface area contributed by atoms with Crippen molar-refractivity contribution < 1.29 is 4.42 Å². The molecule has 0 atom stereocenters. The summed E-state index contributed by atoms with van der Waals surface area (Å²) in [7, 11) is 1.78. The summed E-state index contributed by atoms with van der Waals surface area (Å²) in [6, 6.07) is 4.15. The van der Waals surface area contributed by atoms with Gasteiger partial charge in [0, 0.05) is 37.9 Å². The van der Waals surface area contributed by atoms with Gasteiger partial charge in [-0.2, -0.15) is 5.10 Å². The fourth-order valence-electron chi connectivity index (χ4n) is 2.60. The Labute approximate surface area is 138 Å². The predicted octanol–water partition coefficient (Wildman–Crippen LogP) is 2.47. The summed E-state index contributed by atoms with van der Waals surface area (Å²) in [4.78, 5) is 4.25. The summed E-state index contributed by atoms with van der Waals surface area (Å²) in [5, 5.41) is 11.1. The molecule has 2 aromatic rings. The molecular weight excluding hydrogens is 290 g/mol. The molecule has 23 heavy (non-hydrogen) atoms. The van der Waals surface area contributed by atoms with E-state index < -0.39 is 0 Å². The summed E-state index contributed by atoms with van der Waals surface area (Å²) in [6.07, 6.45) is 0.993. The number of rotatable bonds is 6. The number of nitrogens with one attached hydrogen (secondary N) is 2. The zero-order chi connectivity index (χ0) is 16.8. The maximum Gasteiger partial charge on any atom is 0.191 e. The third-order valence-corrected chi connectivity index (χ3v) is 3.76. The zero-order valence-electron chi connectivity index (χ0n) is 14.7. The second-order valence-corrected chi connectivity index (χ2v) is 5.79. The lowest BCUT2D eigenvalue weighted by Crippen LogP contribution is -2.37. The maximum absolute atomic E-state index is 5.53. The second-order valence-electron chi connectivity index (χ2n) is 5.79. The third-order valence-electron chi connectivity index (χ3n) is 3.76. The van der Waals surface area contributed by atoms with E-state index in [1.54, 1.807) is 7.05 Å². The molecule has 0 saturated heterocycles. The molecule has 2 heterocycles. The van der Waals surface area contributed by atoms with E-state index in [1.165, 1.54) is 5.69 Å². The van der Waals surface area contributed by atoms with Crippen molar-refractivity contribution in [1.82, 2.24) is 20.4 Å². The van der Waals surface area contributed by atoms with Crippen molar-refractivity contribution in [3.8, 4) is 0 Å². The highest BCUT2D eigenvalue weighted by molar-refractivity contribution is 5.79. The molecule has 0 unspecified atom stereocenters. The van der Waals surface area contributed by atoms with Gasteiger partial charge in [-0.05, 0) is 46.2 Å². The van der Waals surface area contributed by atoms with Crippen molar-refractivity contribution in [2.24, 2.45) is 4.99 Å². The van der Waals surface area contributed by atoms with Gasteiger partial charge in [-0.25, -0.2) is 0 Å². The van der Waals surface area contributed by atoms with Crippen LogP contribution in [0.3, 0.4) is 0 Å². The van der Waals surface area contributed by atoms with E-state index in [1.807, 2.05) is 25.5 Å². The molecule has 0 aromatic carbocycles. The van der Waals surface area contributed by atoms with Gasteiger partial charge in [-0.1, -0.05) is 0 Å². The summed E-state index contributed by atoms with van der Waals surface area (Å²) in [5.41, 5.74) is 3.43. The molecule has 126 valence electrons. The van der Waals surface area contributed by atoms with E-state index in [-0.39, 0.29) is 0 Å². The first kappa shape index (κ1) is 17.1. The van der Waals surface area contributed by atoms with Crippen LogP contribution < -0.4 is 10.6 Å². The summed E-state index contributed by atoms with van der Waals surface area (Å²) in [6.45, 7) is 10.5. The SMILES string of the molecule is CN=C(NCCCn1nc(C)cc1C)NCc1cc(C)oc1C. The fourth-order valence-corrected chi connectivity index (χ4v) is 2.60. The van der Waals surface area contributed by atoms with E-state index in [9.17, 15) is 0 Å². The molecule has 0 amide bonds. The van der Waals surface area contributed by atoms with Crippen molar-refractivity contribution in [2.45, 2.75) is 47.2 Å². The minimum atomic E-state index is 0.709. The van der Waals surface area contributed by atoms with Gasteiger partial charge in [0.05, 0.1) is 5.69 Å². The average Bonchev–Trinajstić information content (AvgIpc) is 2.99. The van der Waals surface area contributed by atoms with Crippen LogP contribution in [-0.4, -0.2) is 29.3 Å². The first-order valence-corrected chi connectivity index (χ1v) is 8.01. The van der Waals surface area contributed by atoms with E-state index in [2.05, 4.69) is 39.8 Å². The number of nitrogens with zero attached hydrogens (tertiary/aromatic N) is 3. The molecule has 0 fully saturated rings. The van der Waals surface area contributed by atoms with Crippen LogP contribution in [0.2, 0.25) is 0 Å². The largest absolute Gasteiger partial charge is 0.466 e. The number of aromatic nitrogens is 2. The van der Waals surface area contributed by atoms with Gasteiger partial charge in [-0.3, -0.25) is 9.67 Å². The van der Waals surface area contributed by atoms with Gasteiger partial charge in [0.15, 0.2) is 5.96 Å². The summed E-state index contributed by atoms with van der Waals surface area (Å²) >= 11 is 0. The van der Waals surface area contributed by atoms with E-state index in [0.29, 0.717) is 6.54 Å². The van der Waals surface area contributed by atoms with Crippen molar-refractivity contribution >= 4 is 5.96 Å². The highest BCUT2D eigenvalue weighted by atomic mass is 16.3. The molecule has 2 aromatic heterocycles. The molecule has 6 heteroatoms. The molecule has 0 radical (unpaired) electrons. The Hall–Kier alpha value is -2.24. The Kier molecular flexibility index (Phi) is 5.84. The van der Waals surface area contributed by atoms with Crippen LogP contribution in [-0.2, 0) is 13.1 Å². The minimum absolute atomic E-state index is 0.709. The Morgan fingerprint density at radius 1 is 1.22 bits per heavy atom. The first-order valence-electron chi connectivity index (χ1n) is 8.01. The number of guanidine groups is 1. The first-order chi connectivity index (χ1) is 11.0. The van der Waals surface area contributed by atoms with Crippen molar-refractivity contribution in [3.05, 3.63) is 40.6 Å². The van der Waals surface area contributed by atoms with Crippen LogP contribution in [0, 0.1) is 27.7 Å². The van der Waals surface area contributed by atoms with E-state index in [0.717, 1.165) is 48.2 Å². The normalized spacial score (nSPS) is 11.8. The molecule has 0 bridgehead atoms. The minimum Gasteiger partial charge on any atom is -0.466 e. The van der Waals surface area contributed by atoms with Crippen LogP contribution in [0.4, 0.5) is 0 Å². The van der Waals surface area contributed by atoms with Crippen LogP contribution in [0.25, 0.3) is 0 Å². The van der Waals surface area contributed by atoms with Gasteiger partial charge in [-0.15, -0.1) is 0 Å². The number of aryl methyl sites for hydroxylation is 5. The molecule has 6 nitrogen and oxygen atoms in total. The predicted molar refractivity (Wildman–Crippen MR) is 92.7 cm³/mol. The fraction of sp³-hybridized carbons (Fsp3) is 0.529. The monoisotopic (exact) mass is 317 g/mol. The summed E-state index contributed by atoms with van der Waals surface area (Å²) in [5.74, 6) is 2.69. The maximum atomic E-state index is 5.53. The van der Waals surface area contributed by atoms with Crippen LogP contribution in [0.5, 0.6) is 0 Å². The Bertz CT molecular complexity index is 669. The standard InChI is InChI=1S/C17H27N5O/c1-12-9-13(2)22(21-12)8-6-7-19-17(18-5)20-11-16-10-14(3)23-15(16)4/h9-10H,6-8,11H2,1-5H3,(H2,18,19,20). The highest BCUT2D eigenvalue weighted by Gasteiger charge is 2.05. The second kappa shape index (κ2) is 7.85. The van der Waals surface area contributed by atoms with Gasteiger partial charge in [0.1, 0.15) is 11.5 Å². The quantitative estimate of drug-likeness (QED) is 0.488. The lowest BCUT2D eigenvalue weighted by Gasteiger charge is -2.12. The van der Waals surface area contributed by atoms with Crippen molar-refractivity contribution in [2.75, 3.05) is 13.6 Å². The van der Waals surface area contributed by atoms with Crippen LogP contribution in [0.1, 0.15) is 34.9 Å². The molecule has 0 spiro atoms. The Balaban J connectivity index is 1.73. The van der Waals surface area contributed by atoms with Crippen LogP contribution in [0.15, 0.2) is 21.5 Å². The summed E-state index contributed by atoms with van der Waals surface area (Å²) < 4.78 is 7.58. The van der Waals surface area contributed by atoms with Gasteiger partial charge >= 0.3 is 0 Å². The topological polar surface area (TPSA) is 67.4 Å². The molecule has 0 aliphatic rings. The number of hydrogen-bond acceptors (Lipinski definition) is 3. The van der Waals surface area contributed by atoms with Crippen molar-refractivity contribution in [1.29, 1.82) is 0 Å². The highest BCUT2D eigenvalue weighted by Crippen LogP contribution is 2.12. The molecule has 0 saturated carbocycles. The smallest absolute Gasteiger partial charge is 0.191 e. The molecule has 2 N–H and O–H groups in total. The Morgan fingerprint density at radius 3 is 2.57 bits per heavy atom. The van der Waals surface area contributed by atoms with Gasteiger partial charge in [0.2, 0.25) is 0 Å². The third kappa shape index (κ3) is 4.87. The number of furan rings is 1. The number of hydrogen-bond donors (Lipinski definition) is 2. The molecule has 0 aliphatic heterocycles. The van der Waals surface area contributed by atoms with Gasteiger partial charge < -0.3 is 15.1 Å².